The summed E-state index contributed by atoms with van der Waals surface area (Å²) in [5.41, 5.74) is 2.02. The molecule has 1 N–H and O–H groups in total. The fourth-order valence-electron chi connectivity index (χ4n) is 1.68. The Morgan fingerprint density at radius 1 is 1.39 bits per heavy atom. The van der Waals surface area contributed by atoms with E-state index in [2.05, 4.69) is 25.0 Å². The fraction of sp³-hybridized carbons (Fsp3) is 0.100. The molecule has 0 unspecified atom stereocenters. The zero-order chi connectivity index (χ0) is 12.7. The van der Waals surface area contributed by atoms with Gasteiger partial charge in [-0.15, -0.1) is 0 Å². The molecule has 7 nitrogen and oxygen atoms in total. The highest BCUT2D eigenvalue weighted by atomic mass is 35.5. The zero-order valence-electron chi connectivity index (χ0n) is 9.22. The van der Waals surface area contributed by atoms with Crippen LogP contribution in [-0.2, 0) is 0 Å². The van der Waals surface area contributed by atoms with E-state index < -0.39 is 0 Å². The number of halogens is 1. The SMILES string of the molecule is Cc1nn(-c2ncnc3nc[nH]c23)c(Cl)c1C#N. The number of aryl methyl sites for hydroxylation is 1. The van der Waals surface area contributed by atoms with Crippen molar-refractivity contribution in [3.8, 4) is 11.9 Å². The second-order valence-corrected chi connectivity index (χ2v) is 3.93. The maximum atomic E-state index is 8.99. The molecule has 0 radical (unpaired) electrons. The molecule has 0 bridgehead atoms. The van der Waals surface area contributed by atoms with Crippen LogP contribution in [0.25, 0.3) is 17.0 Å². The number of nitrogens with one attached hydrogen (secondary N) is 1. The number of aromatic amines is 1. The van der Waals surface area contributed by atoms with E-state index in [1.807, 2.05) is 6.07 Å². The second-order valence-electron chi connectivity index (χ2n) is 3.57. The van der Waals surface area contributed by atoms with Gasteiger partial charge in [0.05, 0.1) is 12.0 Å². The first-order valence-corrected chi connectivity index (χ1v) is 5.40. The summed E-state index contributed by atoms with van der Waals surface area (Å²) < 4.78 is 1.40. The third kappa shape index (κ3) is 1.36. The Bertz CT molecular complexity index is 779. The van der Waals surface area contributed by atoms with E-state index in [1.165, 1.54) is 17.3 Å². The van der Waals surface area contributed by atoms with E-state index in [0.29, 0.717) is 28.2 Å². The Kier molecular flexibility index (Phi) is 2.25. The van der Waals surface area contributed by atoms with Crippen LogP contribution in [0.2, 0.25) is 5.15 Å². The van der Waals surface area contributed by atoms with Gasteiger partial charge in [0.15, 0.2) is 16.6 Å². The van der Waals surface area contributed by atoms with Crippen molar-refractivity contribution in [2.24, 2.45) is 0 Å². The Morgan fingerprint density at radius 3 is 2.94 bits per heavy atom. The topological polar surface area (TPSA) is 96.1 Å². The normalized spacial score (nSPS) is 10.7. The van der Waals surface area contributed by atoms with Crippen molar-refractivity contribution >= 4 is 22.8 Å². The Morgan fingerprint density at radius 2 is 2.22 bits per heavy atom. The summed E-state index contributed by atoms with van der Waals surface area (Å²) in [5, 5.41) is 13.4. The maximum absolute atomic E-state index is 8.99. The molecular formula is C10H6ClN7. The average molecular weight is 260 g/mol. The molecule has 0 spiro atoms. The lowest BCUT2D eigenvalue weighted by molar-refractivity contribution is 0.835. The molecule has 3 heterocycles. The molecule has 0 saturated carbocycles. The van der Waals surface area contributed by atoms with Gasteiger partial charge in [-0.1, -0.05) is 11.6 Å². The number of H-pyrrole nitrogens is 1. The van der Waals surface area contributed by atoms with Crippen LogP contribution in [0.3, 0.4) is 0 Å². The van der Waals surface area contributed by atoms with E-state index in [1.54, 1.807) is 6.92 Å². The lowest BCUT2D eigenvalue weighted by Crippen LogP contribution is -2.02. The third-order valence-corrected chi connectivity index (χ3v) is 2.87. The van der Waals surface area contributed by atoms with Crippen molar-refractivity contribution in [3.05, 3.63) is 29.1 Å². The predicted molar refractivity (Wildman–Crippen MR) is 63.3 cm³/mol. The molecule has 3 rings (SSSR count). The van der Waals surface area contributed by atoms with E-state index in [0.717, 1.165) is 0 Å². The number of fused-ring (bicyclic) bond motifs is 1. The molecule has 0 saturated heterocycles. The van der Waals surface area contributed by atoms with E-state index in [9.17, 15) is 0 Å². The van der Waals surface area contributed by atoms with Crippen LogP contribution in [-0.4, -0.2) is 29.7 Å². The Labute approximate surface area is 106 Å². The number of nitriles is 1. The highest BCUT2D eigenvalue weighted by Gasteiger charge is 2.17. The van der Waals surface area contributed by atoms with Crippen molar-refractivity contribution in [1.82, 2.24) is 29.7 Å². The van der Waals surface area contributed by atoms with Gasteiger partial charge in [-0.3, -0.25) is 0 Å². The monoisotopic (exact) mass is 259 g/mol. The van der Waals surface area contributed by atoms with E-state index >= 15 is 0 Å². The summed E-state index contributed by atoms with van der Waals surface area (Å²) >= 11 is 6.11. The molecule has 0 atom stereocenters. The summed E-state index contributed by atoms with van der Waals surface area (Å²) in [5.74, 6) is 0.465. The molecule has 0 aliphatic rings. The number of aromatic nitrogens is 6. The molecule has 18 heavy (non-hydrogen) atoms. The average Bonchev–Trinajstić information content (AvgIpc) is 2.94. The molecule has 0 fully saturated rings. The Balaban J connectivity index is 2.34. The van der Waals surface area contributed by atoms with Crippen LogP contribution in [0.1, 0.15) is 11.3 Å². The van der Waals surface area contributed by atoms with E-state index in [4.69, 9.17) is 16.9 Å². The quantitative estimate of drug-likeness (QED) is 0.712. The van der Waals surface area contributed by atoms with Gasteiger partial charge in [0.2, 0.25) is 0 Å². The van der Waals surface area contributed by atoms with E-state index in [-0.39, 0.29) is 5.15 Å². The minimum atomic E-state index is 0.226. The van der Waals surface area contributed by atoms with Gasteiger partial charge in [0.25, 0.3) is 0 Å². The third-order valence-electron chi connectivity index (χ3n) is 2.52. The van der Waals surface area contributed by atoms with Gasteiger partial charge in [-0.2, -0.15) is 15.0 Å². The second kappa shape index (κ2) is 3.78. The predicted octanol–water partition coefficient (Wildman–Crippen LogP) is 1.37. The summed E-state index contributed by atoms with van der Waals surface area (Å²) in [6.07, 6.45) is 2.89. The highest BCUT2D eigenvalue weighted by Crippen LogP contribution is 2.24. The maximum Gasteiger partial charge on any atom is 0.184 e. The molecule has 0 aliphatic heterocycles. The molecule has 0 aliphatic carbocycles. The first kappa shape index (κ1) is 10.7. The standard InChI is InChI=1S/C10H6ClN7/c1-5-6(2-12)8(11)18(17-5)10-7-9(14-3-13-7)15-4-16-10/h3-4H,1H3,(H,13,14,15,16). The number of nitrogens with zero attached hydrogens (tertiary/aromatic N) is 6. The van der Waals surface area contributed by atoms with Gasteiger partial charge >= 0.3 is 0 Å². The lowest BCUT2D eigenvalue weighted by atomic mass is 10.3. The molecule has 0 aromatic carbocycles. The minimum Gasteiger partial charge on any atom is -0.340 e. The molecule has 0 amide bonds. The number of hydrogen-bond acceptors (Lipinski definition) is 5. The summed E-state index contributed by atoms with van der Waals surface area (Å²) in [6.45, 7) is 1.71. The smallest absolute Gasteiger partial charge is 0.184 e. The van der Waals surface area contributed by atoms with Gasteiger partial charge in [-0.05, 0) is 6.92 Å². The van der Waals surface area contributed by atoms with Crippen LogP contribution in [0.4, 0.5) is 0 Å². The minimum absolute atomic E-state index is 0.226. The van der Waals surface area contributed by atoms with Crippen molar-refractivity contribution in [2.45, 2.75) is 6.92 Å². The highest BCUT2D eigenvalue weighted by molar-refractivity contribution is 6.31. The largest absolute Gasteiger partial charge is 0.340 e. The van der Waals surface area contributed by atoms with Gasteiger partial charge in [0, 0.05) is 0 Å². The fourth-order valence-corrected chi connectivity index (χ4v) is 1.98. The van der Waals surface area contributed by atoms with Crippen LogP contribution >= 0.6 is 11.6 Å². The van der Waals surface area contributed by atoms with Crippen molar-refractivity contribution in [3.63, 3.8) is 0 Å². The number of imidazole rings is 1. The van der Waals surface area contributed by atoms with Crippen molar-refractivity contribution in [1.29, 1.82) is 5.26 Å². The van der Waals surface area contributed by atoms with Crippen LogP contribution < -0.4 is 0 Å². The van der Waals surface area contributed by atoms with Gasteiger partial charge in [-0.25, -0.2) is 15.0 Å². The lowest BCUT2D eigenvalue weighted by Gasteiger charge is -2.01. The van der Waals surface area contributed by atoms with Crippen molar-refractivity contribution < 1.29 is 0 Å². The molecule has 3 aromatic heterocycles. The molecular weight excluding hydrogens is 254 g/mol. The Hall–Kier alpha value is -2.46. The summed E-state index contributed by atoms with van der Waals surface area (Å²) in [7, 11) is 0. The summed E-state index contributed by atoms with van der Waals surface area (Å²) in [6, 6.07) is 2.01. The van der Waals surface area contributed by atoms with Crippen molar-refractivity contribution in [2.75, 3.05) is 0 Å². The molecule has 3 aromatic rings. The first-order valence-electron chi connectivity index (χ1n) is 5.02. The molecule has 8 heteroatoms. The van der Waals surface area contributed by atoms with Crippen LogP contribution in [0.5, 0.6) is 0 Å². The zero-order valence-corrected chi connectivity index (χ0v) is 9.97. The van der Waals surface area contributed by atoms with Gasteiger partial charge < -0.3 is 4.98 Å². The van der Waals surface area contributed by atoms with Crippen LogP contribution in [0, 0.1) is 18.3 Å². The van der Waals surface area contributed by atoms with Crippen LogP contribution in [0.15, 0.2) is 12.7 Å². The first-order chi connectivity index (χ1) is 8.72. The molecule has 88 valence electrons. The summed E-state index contributed by atoms with van der Waals surface area (Å²) in [4.78, 5) is 15.1. The number of hydrogen-bond donors (Lipinski definition) is 1. The number of rotatable bonds is 1. The van der Waals surface area contributed by atoms with Gasteiger partial charge in [0.1, 0.15) is 23.5 Å².